The number of nitrogens with zero attached hydrogens (tertiary/aromatic N) is 1. The average Bonchev–Trinajstić information content (AvgIpc) is 3.41. The van der Waals surface area contributed by atoms with Crippen molar-refractivity contribution >= 4 is 79.0 Å². The number of esters is 1. The van der Waals surface area contributed by atoms with E-state index in [1.807, 2.05) is 6.07 Å². The first-order valence-electron chi connectivity index (χ1n) is 10.2. The van der Waals surface area contributed by atoms with E-state index >= 15 is 0 Å². The van der Waals surface area contributed by atoms with Crippen molar-refractivity contribution in [3.05, 3.63) is 89.8 Å². The summed E-state index contributed by atoms with van der Waals surface area (Å²) < 4.78 is 17.1. The lowest BCUT2D eigenvalue weighted by Gasteiger charge is -2.12. The Morgan fingerprint density at radius 3 is 2.47 bits per heavy atom. The molecule has 0 bridgehead atoms. The van der Waals surface area contributed by atoms with Crippen molar-refractivity contribution in [1.29, 1.82) is 0 Å². The monoisotopic (exact) mass is 656 g/mol. The predicted molar refractivity (Wildman–Crippen MR) is 140 cm³/mol. The first-order chi connectivity index (χ1) is 17.2. The highest BCUT2D eigenvalue weighted by molar-refractivity contribution is 9.11. The number of amides is 3. The fourth-order valence-electron chi connectivity index (χ4n) is 3.30. The zero-order valence-electron chi connectivity index (χ0n) is 18.4. The Labute approximate surface area is 232 Å². The molecule has 1 N–H and O–H groups in total. The summed E-state index contributed by atoms with van der Waals surface area (Å²) >= 11 is 19.0. The lowest BCUT2D eigenvalue weighted by molar-refractivity contribution is -0.123. The number of hydrogen-bond donors (Lipinski definition) is 1. The molecule has 1 saturated heterocycles. The van der Waals surface area contributed by atoms with Gasteiger partial charge in [0.25, 0.3) is 5.91 Å². The molecule has 1 fully saturated rings. The summed E-state index contributed by atoms with van der Waals surface area (Å²) in [6, 6.07) is 11.0. The molecule has 0 saturated carbocycles. The van der Waals surface area contributed by atoms with Crippen LogP contribution in [0.1, 0.15) is 27.4 Å². The van der Waals surface area contributed by atoms with Crippen LogP contribution in [0, 0.1) is 0 Å². The van der Waals surface area contributed by atoms with E-state index in [0.29, 0.717) is 30.3 Å². The number of nitrogens with one attached hydrogen (secondary N) is 1. The van der Waals surface area contributed by atoms with Crippen LogP contribution in [0.15, 0.2) is 61.5 Å². The zero-order chi connectivity index (χ0) is 26.0. The third-order valence-electron chi connectivity index (χ3n) is 5.02. The number of rotatable bonds is 7. The number of imide groups is 1. The van der Waals surface area contributed by atoms with Crippen LogP contribution in [-0.2, 0) is 22.7 Å². The van der Waals surface area contributed by atoms with Crippen LogP contribution in [0.2, 0.25) is 10.0 Å². The first kappa shape index (κ1) is 26.3. The maximum absolute atomic E-state index is 12.8. The molecule has 0 unspecified atom stereocenters. The third kappa shape index (κ3) is 5.78. The molecule has 0 radical (unpaired) electrons. The van der Waals surface area contributed by atoms with Crippen molar-refractivity contribution in [3.63, 3.8) is 0 Å². The van der Waals surface area contributed by atoms with Gasteiger partial charge in [0.1, 0.15) is 23.8 Å². The third-order valence-corrected chi connectivity index (χ3v) is 6.94. The SMILES string of the molecule is COC(=O)c1ccc(CN2C(=O)N/C(=C\c3cc(Br)c(OCc4ccc(Cl)c(Cl)c4)c(Br)c3)C2=O)o1. The Bertz CT molecular complexity index is 1380. The number of benzene rings is 2. The maximum Gasteiger partial charge on any atom is 0.373 e. The molecular weight excluding hydrogens is 643 g/mol. The van der Waals surface area contributed by atoms with Gasteiger partial charge in [-0.2, -0.15) is 0 Å². The van der Waals surface area contributed by atoms with Gasteiger partial charge >= 0.3 is 12.0 Å². The molecule has 1 aliphatic heterocycles. The van der Waals surface area contributed by atoms with Gasteiger partial charge in [-0.3, -0.25) is 9.69 Å². The minimum atomic E-state index is -0.653. The molecule has 1 aromatic heterocycles. The van der Waals surface area contributed by atoms with E-state index in [0.717, 1.165) is 10.5 Å². The van der Waals surface area contributed by atoms with Crippen molar-refractivity contribution < 1.29 is 28.3 Å². The molecular formula is C24H16Br2Cl2N2O6. The van der Waals surface area contributed by atoms with Crippen LogP contribution >= 0.6 is 55.1 Å². The molecule has 2 heterocycles. The van der Waals surface area contributed by atoms with Crippen molar-refractivity contribution in [3.8, 4) is 5.75 Å². The number of methoxy groups -OCH3 is 1. The predicted octanol–water partition coefficient (Wildman–Crippen LogP) is 6.57. The molecule has 1 aliphatic rings. The topological polar surface area (TPSA) is 98.1 Å². The zero-order valence-corrected chi connectivity index (χ0v) is 23.1. The number of urea groups is 1. The summed E-state index contributed by atoms with van der Waals surface area (Å²) in [4.78, 5) is 37.8. The van der Waals surface area contributed by atoms with E-state index in [4.69, 9.17) is 32.4 Å². The standard InChI is InChI=1S/C24H16Br2Cl2N2O6/c1-34-23(32)20-5-3-14(36-20)10-30-22(31)19(29-24(30)33)9-13-6-15(25)21(16(26)7-13)35-11-12-2-4-17(27)18(28)8-12/h2-9H,10-11H2,1H3,(H,29,33)/b19-9-. The molecule has 0 spiro atoms. The maximum atomic E-state index is 12.8. The fourth-order valence-corrected chi connectivity index (χ4v) is 5.07. The summed E-state index contributed by atoms with van der Waals surface area (Å²) in [7, 11) is 1.23. The van der Waals surface area contributed by atoms with Crippen molar-refractivity contribution in [2.45, 2.75) is 13.2 Å². The molecule has 3 amide bonds. The number of carbonyl (C=O) groups excluding carboxylic acids is 3. The highest BCUT2D eigenvalue weighted by Crippen LogP contribution is 2.36. The first-order valence-corrected chi connectivity index (χ1v) is 12.6. The molecule has 3 aromatic rings. The Hall–Kier alpha value is -2.79. The van der Waals surface area contributed by atoms with E-state index in [-0.39, 0.29) is 30.4 Å². The van der Waals surface area contributed by atoms with Crippen LogP contribution < -0.4 is 10.1 Å². The average molecular weight is 659 g/mol. The second-order valence-electron chi connectivity index (χ2n) is 7.49. The van der Waals surface area contributed by atoms with E-state index in [1.165, 1.54) is 19.2 Å². The van der Waals surface area contributed by atoms with Gasteiger partial charge in [-0.05, 0) is 85.5 Å². The minimum absolute atomic E-state index is 0.0218. The second-order valence-corrected chi connectivity index (χ2v) is 10.0. The van der Waals surface area contributed by atoms with Gasteiger partial charge in [0.2, 0.25) is 5.76 Å². The Kier molecular flexibility index (Phi) is 8.09. The molecule has 0 atom stereocenters. The number of furan rings is 1. The van der Waals surface area contributed by atoms with E-state index in [2.05, 4.69) is 41.9 Å². The van der Waals surface area contributed by atoms with Crippen LogP contribution in [0.3, 0.4) is 0 Å². The van der Waals surface area contributed by atoms with E-state index in [9.17, 15) is 14.4 Å². The van der Waals surface area contributed by atoms with Crippen molar-refractivity contribution in [1.82, 2.24) is 10.2 Å². The number of carbonyl (C=O) groups is 3. The molecule has 4 rings (SSSR count). The summed E-state index contributed by atoms with van der Waals surface area (Å²) in [5.41, 5.74) is 1.55. The molecule has 2 aromatic carbocycles. The second kappa shape index (κ2) is 11.1. The van der Waals surface area contributed by atoms with Gasteiger partial charge in [-0.25, -0.2) is 9.59 Å². The van der Waals surface area contributed by atoms with Gasteiger partial charge < -0.3 is 19.2 Å². The summed E-state index contributed by atoms with van der Waals surface area (Å²) in [5, 5.41) is 3.45. The molecule has 36 heavy (non-hydrogen) atoms. The van der Waals surface area contributed by atoms with Crippen LogP contribution in [0.4, 0.5) is 4.79 Å². The van der Waals surface area contributed by atoms with E-state index < -0.39 is 17.9 Å². The number of halogens is 4. The van der Waals surface area contributed by atoms with Crippen molar-refractivity contribution in [2.75, 3.05) is 7.11 Å². The highest BCUT2D eigenvalue weighted by Gasteiger charge is 2.34. The minimum Gasteiger partial charge on any atom is -0.487 e. The number of hydrogen-bond acceptors (Lipinski definition) is 6. The Balaban J connectivity index is 1.47. The summed E-state index contributed by atoms with van der Waals surface area (Å²) in [5.74, 6) is -0.408. The molecule has 186 valence electrons. The molecule has 8 nitrogen and oxygen atoms in total. The lowest BCUT2D eigenvalue weighted by atomic mass is 10.2. The normalized spacial score (nSPS) is 14.4. The van der Waals surface area contributed by atoms with Crippen LogP contribution in [0.25, 0.3) is 6.08 Å². The Morgan fingerprint density at radius 1 is 1.08 bits per heavy atom. The molecule has 0 aliphatic carbocycles. The molecule has 12 heteroatoms. The fraction of sp³-hybridized carbons (Fsp3) is 0.125. The lowest BCUT2D eigenvalue weighted by Crippen LogP contribution is -2.30. The van der Waals surface area contributed by atoms with Crippen LogP contribution in [-0.4, -0.2) is 29.9 Å². The van der Waals surface area contributed by atoms with E-state index in [1.54, 1.807) is 30.3 Å². The Morgan fingerprint density at radius 2 is 1.81 bits per heavy atom. The largest absolute Gasteiger partial charge is 0.487 e. The summed E-state index contributed by atoms with van der Waals surface area (Å²) in [6.45, 7) is 0.108. The summed E-state index contributed by atoms with van der Waals surface area (Å²) in [6.07, 6.45) is 1.54. The van der Waals surface area contributed by atoms with Gasteiger partial charge in [0.05, 0.1) is 32.6 Å². The quantitative estimate of drug-likeness (QED) is 0.175. The van der Waals surface area contributed by atoms with Gasteiger partial charge in [-0.1, -0.05) is 29.3 Å². The van der Waals surface area contributed by atoms with Gasteiger partial charge in [0.15, 0.2) is 0 Å². The smallest absolute Gasteiger partial charge is 0.373 e. The van der Waals surface area contributed by atoms with Gasteiger partial charge in [0, 0.05) is 0 Å². The van der Waals surface area contributed by atoms with Crippen molar-refractivity contribution in [2.24, 2.45) is 0 Å². The highest BCUT2D eigenvalue weighted by atomic mass is 79.9. The van der Waals surface area contributed by atoms with Gasteiger partial charge in [-0.15, -0.1) is 0 Å². The van der Waals surface area contributed by atoms with Crippen LogP contribution in [0.5, 0.6) is 5.75 Å². The number of ether oxygens (including phenoxy) is 2.